The Bertz CT molecular complexity index is 802. The molecule has 1 amide bonds. The van der Waals surface area contributed by atoms with E-state index in [0.717, 1.165) is 35.5 Å². The molecule has 0 bridgehead atoms. The molecule has 2 aliphatic rings. The van der Waals surface area contributed by atoms with Gasteiger partial charge in [-0.3, -0.25) is 0 Å². The van der Waals surface area contributed by atoms with Gasteiger partial charge in [0.1, 0.15) is 6.61 Å². The van der Waals surface area contributed by atoms with E-state index in [-0.39, 0.29) is 24.4 Å². The number of carbonyl (C=O) groups is 2. The molecular weight excluding hydrogens is 362 g/mol. The summed E-state index contributed by atoms with van der Waals surface area (Å²) in [4.78, 5) is 28.9. The second-order valence-corrected chi connectivity index (χ2v) is 7.96. The predicted molar refractivity (Wildman–Crippen MR) is 104 cm³/mol. The van der Waals surface area contributed by atoms with Crippen molar-refractivity contribution in [2.24, 2.45) is 5.92 Å². The van der Waals surface area contributed by atoms with Gasteiger partial charge in [-0.2, -0.15) is 11.8 Å². The van der Waals surface area contributed by atoms with Gasteiger partial charge in [0.15, 0.2) is 0 Å². The average molecular weight is 383 g/mol. The Morgan fingerprint density at radius 3 is 2.19 bits per heavy atom. The van der Waals surface area contributed by atoms with Crippen molar-refractivity contribution < 1.29 is 19.2 Å². The van der Waals surface area contributed by atoms with E-state index in [0.29, 0.717) is 0 Å². The Morgan fingerprint density at radius 2 is 1.56 bits per heavy atom. The number of amides is 1. The lowest BCUT2D eigenvalue weighted by Gasteiger charge is -2.19. The molecule has 1 N–H and O–H groups in total. The van der Waals surface area contributed by atoms with Crippen LogP contribution in [-0.2, 0) is 14.4 Å². The van der Waals surface area contributed by atoms with Crippen LogP contribution in [0.25, 0.3) is 11.1 Å². The fourth-order valence-corrected chi connectivity index (χ4v) is 4.84. The normalized spacial score (nSPS) is 16.3. The van der Waals surface area contributed by atoms with Crippen LogP contribution in [0, 0.1) is 5.92 Å². The van der Waals surface area contributed by atoms with Gasteiger partial charge in [0.2, 0.25) is 0 Å². The van der Waals surface area contributed by atoms with Crippen molar-refractivity contribution in [3.05, 3.63) is 59.7 Å². The van der Waals surface area contributed by atoms with Gasteiger partial charge in [-0.15, -0.1) is 5.48 Å². The van der Waals surface area contributed by atoms with Gasteiger partial charge >= 0.3 is 12.1 Å². The molecule has 1 aliphatic carbocycles. The molecule has 0 spiro atoms. The Balaban J connectivity index is 1.34. The number of hydrogen-bond donors (Lipinski definition) is 1. The summed E-state index contributed by atoms with van der Waals surface area (Å²) in [6.07, 6.45) is 0.835. The molecule has 1 heterocycles. The molecule has 0 atom stereocenters. The maximum atomic E-state index is 12.0. The molecule has 5 nitrogen and oxygen atoms in total. The highest BCUT2D eigenvalue weighted by atomic mass is 32.2. The molecule has 6 heteroatoms. The van der Waals surface area contributed by atoms with Crippen LogP contribution in [0.5, 0.6) is 0 Å². The SMILES string of the molecule is O=C(NOC(=O)C1CCSCC1)OCC1c2ccccc2-c2ccccc21. The van der Waals surface area contributed by atoms with E-state index in [1.54, 1.807) is 0 Å². The van der Waals surface area contributed by atoms with Gasteiger partial charge in [-0.1, -0.05) is 48.5 Å². The molecule has 4 rings (SSSR count). The lowest BCUT2D eigenvalue weighted by Crippen LogP contribution is -2.33. The first-order valence-electron chi connectivity index (χ1n) is 9.13. The van der Waals surface area contributed by atoms with Gasteiger partial charge in [0.05, 0.1) is 5.92 Å². The molecule has 1 aliphatic heterocycles. The molecule has 140 valence electrons. The fourth-order valence-electron chi connectivity index (χ4n) is 3.74. The van der Waals surface area contributed by atoms with Crippen LogP contribution in [0.2, 0.25) is 0 Å². The van der Waals surface area contributed by atoms with Crippen molar-refractivity contribution in [1.82, 2.24) is 5.48 Å². The van der Waals surface area contributed by atoms with E-state index in [1.807, 2.05) is 36.0 Å². The zero-order valence-electron chi connectivity index (χ0n) is 14.9. The summed E-state index contributed by atoms with van der Waals surface area (Å²) in [5.41, 5.74) is 6.76. The minimum atomic E-state index is -0.740. The third-order valence-electron chi connectivity index (χ3n) is 5.13. The van der Waals surface area contributed by atoms with Crippen molar-refractivity contribution in [3.63, 3.8) is 0 Å². The predicted octanol–water partition coefficient (Wildman–Crippen LogP) is 4.13. The molecular formula is C21H21NO4S. The number of carbonyl (C=O) groups excluding carboxylic acids is 2. The van der Waals surface area contributed by atoms with Crippen LogP contribution in [0.3, 0.4) is 0 Å². The largest absolute Gasteiger partial charge is 0.446 e. The standard InChI is InChI=1S/C21H21NO4S/c23-20(14-9-11-27-12-10-14)26-22-21(24)25-13-19-17-7-3-1-5-15(17)16-6-2-4-8-18(16)19/h1-8,14,19H,9-13H2,(H,22,24). The first-order valence-corrected chi connectivity index (χ1v) is 10.3. The molecule has 0 saturated carbocycles. The third kappa shape index (κ3) is 3.81. The Kier molecular flexibility index (Phi) is 5.34. The molecule has 2 aromatic rings. The summed E-state index contributed by atoms with van der Waals surface area (Å²) >= 11 is 1.83. The van der Waals surface area contributed by atoms with Crippen molar-refractivity contribution in [2.75, 3.05) is 18.1 Å². The molecule has 0 aromatic heterocycles. The monoisotopic (exact) mass is 383 g/mol. The van der Waals surface area contributed by atoms with Crippen molar-refractivity contribution in [3.8, 4) is 11.1 Å². The van der Waals surface area contributed by atoms with Crippen molar-refractivity contribution in [1.29, 1.82) is 0 Å². The Labute approximate surface area is 162 Å². The molecule has 1 fully saturated rings. The quantitative estimate of drug-likeness (QED) is 0.808. The summed E-state index contributed by atoms with van der Waals surface area (Å²) < 4.78 is 5.35. The fraction of sp³-hybridized carbons (Fsp3) is 0.333. The summed E-state index contributed by atoms with van der Waals surface area (Å²) in [7, 11) is 0. The summed E-state index contributed by atoms with van der Waals surface area (Å²) in [5, 5.41) is 0. The summed E-state index contributed by atoms with van der Waals surface area (Å²) in [6.45, 7) is 0.192. The number of hydroxylamine groups is 1. The van der Waals surface area contributed by atoms with Crippen LogP contribution in [0.1, 0.15) is 29.9 Å². The Hall–Kier alpha value is -2.47. The summed E-state index contributed by atoms with van der Waals surface area (Å²) in [6, 6.07) is 16.3. The number of fused-ring (bicyclic) bond motifs is 3. The first-order chi connectivity index (χ1) is 13.2. The zero-order chi connectivity index (χ0) is 18.6. The topological polar surface area (TPSA) is 64.6 Å². The van der Waals surface area contributed by atoms with Gasteiger partial charge in [-0.25, -0.2) is 9.59 Å². The number of nitrogens with one attached hydrogen (secondary N) is 1. The van der Waals surface area contributed by atoms with E-state index in [9.17, 15) is 9.59 Å². The number of hydrogen-bond acceptors (Lipinski definition) is 5. The lowest BCUT2D eigenvalue weighted by molar-refractivity contribution is -0.155. The van der Waals surface area contributed by atoms with Crippen LogP contribution >= 0.6 is 11.8 Å². The van der Waals surface area contributed by atoms with E-state index in [2.05, 4.69) is 29.7 Å². The van der Waals surface area contributed by atoms with Gasteiger partial charge in [0.25, 0.3) is 0 Å². The van der Waals surface area contributed by atoms with Gasteiger partial charge < -0.3 is 9.57 Å². The third-order valence-corrected chi connectivity index (χ3v) is 6.18. The van der Waals surface area contributed by atoms with Crippen LogP contribution < -0.4 is 5.48 Å². The van der Waals surface area contributed by atoms with Crippen molar-refractivity contribution in [2.45, 2.75) is 18.8 Å². The number of ether oxygens (including phenoxy) is 1. The smallest absolute Gasteiger partial charge is 0.440 e. The second kappa shape index (κ2) is 8.05. The van der Waals surface area contributed by atoms with Crippen molar-refractivity contribution >= 4 is 23.8 Å². The van der Waals surface area contributed by atoms with Crippen LogP contribution in [-0.4, -0.2) is 30.2 Å². The van der Waals surface area contributed by atoms with Crippen LogP contribution in [0.4, 0.5) is 4.79 Å². The number of benzene rings is 2. The minimum Gasteiger partial charge on any atom is -0.446 e. The van der Waals surface area contributed by atoms with E-state index in [4.69, 9.17) is 9.57 Å². The van der Waals surface area contributed by atoms with E-state index >= 15 is 0 Å². The summed E-state index contributed by atoms with van der Waals surface area (Å²) in [5.74, 6) is 1.35. The number of thioether (sulfide) groups is 1. The highest BCUT2D eigenvalue weighted by Gasteiger charge is 2.29. The second-order valence-electron chi connectivity index (χ2n) is 6.74. The van der Waals surface area contributed by atoms with E-state index in [1.165, 1.54) is 11.1 Å². The molecule has 0 unspecified atom stereocenters. The zero-order valence-corrected chi connectivity index (χ0v) is 15.7. The Morgan fingerprint density at radius 1 is 0.963 bits per heavy atom. The van der Waals surface area contributed by atoms with E-state index < -0.39 is 6.09 Å². The lowest BCUT2D eigenvalue weighted by atomic mass is 9.98. The maximum absolute atomic E-state index is 12.0. The maximum Gasteiger partial charge on any atom is 0.440 e. The first kappa shape index (κ1) is 17.9. The minimum absolute atomic E-state index is 0.0192. The highest BCUT2D eigenvalue weighted by Crippen LogP contribution is 2.44. The molecule has 2 aromatic carbocycles. The van der Waals surface area contributed by atoms with Crippen LogP contribution in [0.15, 0.2) is 48.5 Å². The molecule has 1 saturated heterocycles. The van der Waals surface area contributed by atoms with Gasteiger partial charge in [0, 0.05) is 5.92 Å². The average Bonchev–Trinajstić information content (AvgIpc) is 3.05. The number of rotatable bonds is 3. The highest BCUT2D eigenvalue weighted by molar-refractivity contribution is 7.99. The molecule has 27 heavy (non-hydrogen) atoms. The van der Waals surface area contributed by atoms with Gasteiger partial charge in [-0.05, 0) is 46.6 Å². The molecule has 0 radical (unpaired) electrons.